The fourth-order valence-electron chi connectivity index (χ4n) is 5.26. The summed E-state index contributed by atoms with van der Waals surface area (Å²) in [5.41, 5.74) is 1.32. The van der Waals surface area contributed by atoms with Gasteiger partial charge in [0.15, 0.2) is 0 Å². The Bertz CT molecular complexity index is 1280. The predicted octanol–water partition coefficient (Wildman–Crippen LogP) is 0.483. The van der Waals surface area contributed by atoms with E-state index in [9.17, 15) is 29.1 Å². The molecule has 4 atom stereocenters. The molecule has 1 unspecified atom stereocenters. The van der Waals surface area contributed by atoms with E-state index < -0.39 is 48.6 Å². The number of carboxylic acids is 1. The van der Waals surface area contributed by atoms with Crippen molar-refractivity contribution in [3.63, 3.8) is 0 Å². The standard InChI is InChI=1S/C27H33N5O7/c1-30(2)21-11-9-19(17-6-3-4-7-18(17)21)25(37)29-20-10-12-23(34)31-13-5-8-22(32(31)27(20)39)26(38)28-16(15-33)14-24(35)36/h3-4,6-7,9,11,15-16,20,22,26,28,38H,5,8,10,12-14H2,1-2H3,(H,29,37)(H,35,36)/t16-,20-,22-,26?/m0/s1. The lowest BCUT2D eigenvalue weighted by atomic mass is 10.0. The fourth-order valence-corrected chi connectivity index (χ4v) is 5.26. The van der Waals surface area contributed by atoms with E-state index in [-0.39, 0.29) is 25.3 Å². The Balaban J connectivity index is 1.59. The number of carbonyl (C=O) groups excluding carboxylic acids is 4. The second-order valence-corrected chi connectivity index (χ2v) is 10.00. The number of aliphatic hydroxyl groups is 1. The molecule has 2 aromatic rings. The first-order chi connectivity index (χ1) is 18.6. The number of aldehydes is 1. The fraction of sp³-hybridized carbons (Fsp3) is 0.444. The summed E-state index contributed by atoms with van der Waals surface area (Å²) < 4.78 is 0. The molecule has 12 heteroatoms. The van der Waals surface area contributed by atoms with Crippen LogP contribution in [-0.2, 0) is 19.2 Å². The summed E-state index contributed by atoms with van der Waals surface area (Å²) in [4.78, 5) is 64.5. The van der Waals surface area contributed by atoms with Crippen molar-refractivity contribution in [1.82, 2.24) is 20.7 Å². The van der Waals surface area contributed by atoms with Crippen LogP contribution in [-0.4, -0.2) is 95.2 Å². The summed E-state index contributed by atoms with van der Waals surface area (Å²) in [6, 6.07) is 7.84. The number of aliphatic carboxylic acids is 1. The Morgan fingerprint density at radius 1 is 1.13 bits per heavy atom. The summed E-state index contributed by atoms with van der Waals surface area (Å²) >= 11 is 0. The van der Waals surface area contributed by atoms with Crippen LogP contribution in [0.4, 0.5) is 5.69 Å². The number of aliphatic hydroxyl groups excluding tert-OH is 1. The predicted molar refractivity (Wildman–Crippen MR) is 142 cm³/mol. The Labute approximate surface area is 225 Å². The minimum absolute atomic E-state index is 0.0136. The first-order valence-electron chi connectivity index (χ1n) is 12.9. The van der Waals surface area contributed by atoms with Crippen LogP contribution in [0.3, 0.4) is 0 Å². The van der Waals surface area contributed by atoms with Crippen LogP contribution in [0, 0.1) is 0 Å². The number of carbonyl (C=O) groups is 5. The Hall–Kier alpha value is -4.03. The number of hydrogen-bond donors (Lipinski definition) is 4. The first-order valence-corrected chi connectivity index (χ1v) is 12.9. The zero-order valence-electron chi connectivity index (χ0n) is 21.9. The van der Waals surface area contributed by atoms with Crippen LogP contribution in [0.2, 0.25) is 0 Å². The van der Waals surface area contributed by atoms with Crippen LogP contribution in [0.1, 0.15) is 42.5 Å². The molecular formula is C27H33N5O7. The molecule has 2 aromatic carbocycles. The van der Waals surface area contributed by atoms with Crippen molar-refractivity contribution in [2.45, 2.75) is 56.5 Å². The van der Waals surface area contributed by atoms with E-state index in [0.717, 1.165) is 16.1 Å². The van der Waals surface area contributed by atoms with Gasteiger partial charge in [0, 0.05) is 43.7 Å². The van der Waals surface area contributed by atoms with Gasteiger partial charge in [-0.2, -0.15) is 0 Å². The summed E-state index contributed by atoms with van der Waals surface area (Å²) in [6.45, 7) is 0.261. The van der Waals surface area contributed by atoms with Crippen molar-refractivity contribution >= 4 is 46.4 Å². The molecule has 2 saturated heterocycles. The summed E-state index contributed by atoms with van der Waals surface area (Å²) in [7, 11) is 3.82. The summed E-state index contributed by atoms with van der Waals surface area (Å²) in [6.07, 6.45) is -0.762. The SMILES string of the molecule is CN(C)c1ccc(C(=O)N[C@H]2CCC(=O)N3CCC[C@@H](C(O)N[C@H](C=O)CC(=O)O)N3C2=O)c2ccccc12. The van der Waals surface area contributed by atoms with Crippen molar-refractivity contribution < 1.29 is 34.2 Å². The molecule has 0 radical (unpaired) electrons. The Morgan fingerprint density at radius 2 is 1.85 bits per heavy atom. The third kappa shape index (κ3) is 5.86. The Kier molecular flexibility index (Phi) is 8.46. The van der Waals surface area contributed by atoms with Crippen molar-refractivity contribution in [2.24, 2.45) is 0 Å². The number of hydrogen-bond acceptors (Lipinski definition) is 8. The minimum Gasteiger partial charge on any atom is -0.481 e. The molecule has 208 valence electrons. The van der Waals surface area contributed by atoms with E-state index in [0.29, 0.717) is 30.1 Å². The number of fused-ring (bicyclic) bond motifs is 2. The van der Waals surface area contributed by atoms with Gasteiger partial charge in [-0.3, -0.25) is 29.5 Å². The van der Waals surface area contributed by atoms with Gasteiger partial charge in [0.2, 0.25) is 5.91 Å². The minimum atomic E-state index is -1.48. The quantitative estimate of drug-likeness (QED) is 0.263. The zero-order valence-corrected chi connectivity index (χ0v) is 21.9. The smallest absolute Gasteiger partial charge is 0.305 e. The lowest BCUT2D eigenvalue weighted by Crippen LogP contribution is -2.65. The van der Waals surface area contributed by atoms with Crippen LogP contribution in [0.5, 0.6) is 0 Å². The number of carboxylic acid groups (broad SMARTS) is 1. The highest BCUT2D eigenvalue weighted by atomic mass is 16.4. The van der Waals surface area contributed by atoms with Gasteiger partial charge in [-0.25, -0.2) is 5.01 Å². The molecule has 0 spiro atoms. The largest absolute Gasteiger partial charge is 0.481 e. The van der Waals surface area contributed by atoms with Gasteiger partial charge in [0.1, 0.15) is 18.6 Å². The van der Waals surface area contributed by atoms with Crippen molar-refractivity contribution in [1.29, 1.82) is 0 Å². The highest BCUT2D eigenvalue weighted by molar-refractivity contribution is 6.11. The van der Waals surface area contributed by atoms with Gasteiger partial charge in [0.05, 0.1) is 18.5 Å². The van der Waals surface area contributed by atoms with E-state index in [2.05, 4.69) is 10.6 Å². The molecule has 0 aromatic heterocycles. The molecule has 3 amide bonds. The lowest BCUT2D eigenvalue weighted by molar-refractivity contribution is -0.181. The maximum Gasteiger partial charge on any atom is 0.305 e. The summed E-state index contributed by atoms with van der Waals surface area (Å²) in [5, 5.41) is 29.3. The van der Waals surface area contributed by atoms with Crippen molar-refractivity contribution in [3.05, 3.63) is 42.0 Å². The number of benzene rings is 2. The van der Waals surface area contributed by atoms with Gasteiger partial charge in [-0.1, -0.05) is 24.3 Å². The maximum atomic E-state index is 13.8. The third-order valence-corrected chi connectivity index (χ3v) is 7.14. The average molecular weight is 540 g/mol. The molecule has 39 heavy (non-hydrogen) atoms. The second-order valence-electron chi connectivity index (χ2n) is 10.00. The van der Waals surface area contributed by atoms with Gasteiger partial charge in [-0.05, 0) is 36.8 Å². The molecule has 2 aliphatic rings. The molecule has 12 nitrogen and oxygen atoms in total. The molecule has 2 fully saturated rings. The topological polar surface area (TPSA) is 160 Å². The van der Waals surface area contributed by atoms with Crippen molar-refractivity contribution in [3.8, 4) is 0 Å². The molecule has 0 bridgehead atoms. The number of nitrogens with one attached hydrogen (secondary N) is 2. The molecule has 2 aliphatic heterocycles. The summed E-state index contributed by atoms with van der Waals surface area (Å²) in [5.74, 6) is -2.58. The van der Waals surface area contributed by atoms with Gasteiger partial charge >= 0.3 is 5.97 Å². The van der Waals surface area contributed by atoms with E-state index in [1.54, 1.807) is 6.07 Å². The maximum absolute atomic E-state index is 13.8. The molecule has 0 aliphatic carbocycles. The lowest BCUT2D eigenvalue weighted by Gasteiger charge is -2.45. The molecule has 0 saturated carbocycles. The van der Waals surface area contributed by atoms with Gasteiger partial charge < -0.3 is 25.2 Å². The van der Waals surface area contributed by atoms with Crippen LogP contribution in [0.15, 0.2) is 36.4 Å². The number of nitrogens with zero attached hydrogens (tertiary/aromatic N) is 3. The van der Waals surface area contributed by atoms with Crippen LogP contribution < -0.4 is 15.5 Å². The average Bonchev–Trinajstić information content (AvgIpc) is 3.03. The van der Waals surface area contributed by atoms with Crippen LogP contribution in [0.25, 0.3) is 10.8 Å². The van der Waals surface area contributed by atoms with Gasteiger partial charge in [0.25, 0.3) is 11.8 Å². The number of hydrazine groups is 1. The van der Waals surface area contributed by atoms with Crippen LogP contribution >= 0.6 is 0 Å². The monoisotopic (exact) mass is 539 g/mol. The van der Waals surface area contributed by atoms with E-state index in [4.69, 9.17) is 5.11 Å². The third-order valence-electron chi connectivity index (χ3n) is 7.14. The molecule has 4 rings (SSSR count). The second kappa shape index (κ2) is 11.8. The first kappa shape index (κ1) is 28.0. The highest BCUT2D eigenvalue weighted by Gasteiger charge is 2.44. The molecule has 4 N–H and O–H groups in total. The number of anilines is 1. The van der Waals surface area contributed by atoms with E-state index in [1.165, 1.54) is 5.01 Å². The van der Waals surface area contributed by atoms with E-state index in [1.807, 2.05) is 49.3 Å². The van der Waals surface area contributed by atoms with Gasteiger partial charge in [-0.15, -0.1) is 0 Å². The molecular weight excluding hydrogens is 506 g/mol. The number of amides is 3. The zero-order chi connectivity index (χ0) is 28.3. The Morgan fingerprint density at radius 3 is 2.51 bits per heavy atom. The normalized spacial score (nSPS) is 21.1. The number of rotatable bonds is 9. The van der Waals surface area contributed by atoms with Crippen molar-refractivity contribution in [2.75, 3.05) is 25.5 Å². The molecule has 2 heterocycles. The van der Waals surface area contributed by atoms with E-state index >= 15 is 0 Å². The highest BCUT2D eigenvalue weighted by Crippen LogP contribution is 2.30.